The van der Waals surface area contributed by atoms with Gasteiger partial charge in [-0.15, -0.1) is 0 Å². The van der Waals surface area contributed by atoms with Crippen LogP contribution in [0.3, 0.4) is 0 Å². The van der Waals surface area contributed by atoms with E-state index in [2.05, 4.69) is 10.4 Å². The lowest BCUT2D eigenvalue weighted by molar-refractivity contribution is -0.385. The van der Waals surface area contributed by atoms with E-state index in [-0.39, 0.29) is 17.6 Å². The number of carbonyl (C=O) groups excluding carboxylic acids is 1. The van der Waals surface area contributed by atoms with Gasteiger partial charge in [0.25, 0.3) is 0 Å². The van der Waals surface area contributed by atoms with Gasteiger partial charge in [0.05, 0.1) is 11.0 Å². The van der Waals surface area contributed by atoms with E-state index in [0.717, 1.165) is 12.0 Å². The molecule has 0 aliphatic heterocycles. The van der Waals surface area contributed by atoms with Crippen LogP contribution in [0.25, 0.3) is 0 Å². The van der Waals surface area contributed by atoms with Crippen molar-refractivity contribution in [2.45, 2.75) is 39.3 Å². The first-order chi connectivity index (χ1) is 10.9. The molecular weight excluding hydrogens is 296 g/mol. The molecule has 0 aliphatic carbocycles. The van der Waals surface area contributed by atoms with Crippen LogP contribution in [0, 0.1) is 17.0 Å². The number of nitrogens with zero attached hydrogens (tertiary/aromatic N) is 3. The summed E-state index contributed by atoms with van der Waals surface area (Å²) in [4.78, 5) is 22.8. The number of aromatic nitrogens is 2. The molecule has 122 valence electrons. The SMILES string of the molecule is CCC(NC(=O)C(C)n1cc([N+](=O)[O-])c(C)n1)c1ccccc1. The maximum Gasteiger partial charge on any atom is 0.309 e. The molecule has 0 aliphatic rings. The molecular formula is C16H20N4O3. The lowest BCUT2D eigenvalue weighted by Gasteiger charge is -2.20. The van der Waals surface area contributed by atoms with Crippen LogP contribution in [0.15, 0.2) is 36.5 Å². The van der Waals surface area contributed by atoms with E-state index in [0.29, 0.717) is 5.69 Å². The number of carbonyl (C=O) groups is 1. The maximum atomic E-state index is 12.4. The molecule has 2 unspecified atom stereocenters. The fourth-order valence-corrected chi connectivity index (χ4v) is 2.37. The molecule has 7 nitrogen and oxygen atoms in total. The third-order valence-electron chi connectivity index (χ3n) is 3.79. The van der Waals surface area contributed by atoms with E-state index in [1.165, 1.54) is 10.9 Å². The van der Waals surface area contributed by atoms with E-state index < -0.39 is 11.0 Å². The fraction of sp³-hybridized carbons (Fsp3) is 0.375. The van der Waals surface area contributed by atoms with Gasteiger partial charge in [-0.25, -0.2) is 0 Å². The first-order valence-corrected chi connectivity index (χ1v) is 7.49. The molecule has 0 spiro atoms. The molecule has 0 fully saturated rings. The van der Waals surface area contributed by atoms with Gasteiger partial charge in [-0.2, -0.15) is 5.10 Å². The van der Waals surface area contributed by atoms with Gasteiger partial charge in [-0.3, -0.25) is 19.6 Å². The van der Waals surface area contributed by atoms with Gasteiger partial charge in [0, 0.05) is 0 Å². The Balaban J connectivity index is 2.13. The predicted octanol–water partition coefficient (Wildman–Crippen LogP) is 2.93. The fourth-order valence-electron chi connectivity index (χ4n) is 2.37. The number of aryl methyl sites for hydroxylation is 1. The smallest absolute Gasteiger partial charge is 0.309 e. The van der Waals surface area contributed by atoms with Crippen molar-refractivity contribution in [3.63, 3.8) is 0 Å². The molecule has 2 aromatic rings. The molecule has 23 heavy (non-hydrogen) atoms. The molecule has 1 N–H and O–H groups in total. The summed E-state index contributed by atoms with van der Waals surface area (Å²) >= 11 is 0. The molecule has 1 aromatic carbocycles. The third kappa shape index (κ3) is 3.74. The molecule has 1 heterocycles. The van der Waals surface area contributed by atoms with Crippen LogP contribution in [0.2, 0.25) is 0 Å². The van der Waals surface area contributed by atoms with Gasteiger partial charge in [0.2, 0.25) is 5.91 Å². The number of amides is 1. The number of rotatable bonds is 6. The zero-order chi connectivity index (χ0) is 17.0. The summed E-state index contributed by atoms with van der Waals surface area (Å²) in [7, 11) is 0. The average molecular weight is 316 g/mol. The number of nitro groups is 1. The Morgan fingerprint density at radius 1 is 1.39 bits per heavy atom. The molecule has 7 heteroatoms. The Hall–Kier alpha value is -2.70. The average Bonchev–Trinajstić information content (AvgIpc) is 2.94. The summed E-state index contributed by atoms with van der Waals surface area (Å²) in [6.07, 6.45) is 2.05. The quantitative estimate of drug-likeness (QED) is 0.655. The van der Waals surface area contributed by atoms with E-state index in [4.69, 9.17) is 0 Å². The van der Waals surface area contributed by atoms with Crippen molar-refractivity contribution in [3.05, 3.63) is 57.9 Å². The molecule has 1 aromatic heterocycles. The Kier molecular flexibility index (Phi) is 5.10. The lowest BCUT2D eigenvalue weighted by Crippen LogP contribution is -2.34. The van der Waals surface area contributed by atoms with Gasteiger partial charge in [-0.05, 0) is 25.8 Å². The predicted molar refractivity (Wildman–Crippen MR) is 85.9 cm³/mol. The lowest BCUT2D eigenvalue weighted by atomic mass is 10.0. The van der Waals surface area contributed by atoms with Crippen LogP contribution >= 0.6 is 0 Å². The zero-order valence-corrected chi connectivity index (χ0v) is 13.4. The second-order valence-corrected chi connectivity index (χ2v) is 5.39. The van der Waals surface area contributed by atoms with Crippen LogP contribution < -0.4 is 5.32 Å². The first-order valence-electron chi connectivity index (χ1n) is 7.49. The maximum absolute atomic E-state index is 12.4. The number of hydrogen-bond acceptors (Lipinski definition) is 4. The number of benzene rings is 1. The highest BCUT2D eigenvalue weighted by Crippen LogP contribution is 2.20. The normalized spacial score (nSPS) is 13.3. The highest BCUT2D eigenvalue weighted by Gasteiger charge is 2.23. The molecule has 2 rings (SSSR count). The minimum Gasteiger partial charge on any atom is -0.347 e. The highest BCUT2D eigenvalue weighted by atomic mass is 16.6. The van der Waals surface area contributed by atoms with Crippen molar-refractivity contribution in [2.75, 3.05) is 0 Å². The van der Waals surface area contributed by atoms with Gasteiger partial charge in [-0.1, -0.05) is 37.3 Å². The Labute approximate surface area is 134 Å². The van der Waals surface area contributed by atoms with Crippen LogP contribution in [0.5, 0.6) is 0 Å². The second-order valence-electron chi connectivity index (χ2n) is 5.39. The summed E-state index contributed by atoms with van der Waals surface area (Å²) in [6.45, 7) is 5.22. The van der Waals surface area contributed by atoms with E-state index >= 15 is 0 Å². The monoisotopic (exact) mass is 316 g/mol. The molecule has 1 amide bonds. The Morgan fingerprint density at radius 3 is 2.57 bits per heavy atom. The van der Waals surface area contributed by atoms with Crippen molar-refractivity contribution in [2.24, 2.45) is 0 Å². The van der Waals surface area contributed by atoms with Crippen molar-refractivity contribution >= 4 is 11.6 Å². The first kappa shape index (κ1) is 16.7. The van der Waals surface area contributed by atoms with Crippen LogP contribution in [0.1, 0.15) is 43.6 Å². The third-order valence-corrected chi connectivity index (χ3v) is 3.79. The van der Waals surface area contributed by atoms with Gasteiger partial charge in [0.1, 0.15) is 17.9 Å². The number of nitrogens with one attached hydrogen (secondary N) is 1. The van der Waals surface area contributed by atoms with Gasteiger partial charge in [0.15, 0.2) is 0 Å². The topological polar surface area (TPSA) is 90.1 Å². The highest BCUT2D eigenvalue weighted by molar-refractivity contribution is 5.80. The standard InChI is InChI=1S/C16H20N4O3/c1-4-14(13-8-6-5-7-9-13)17-16(21)12(3)19-10-15(20(22)23)11(2)18-19/h5-10,12,14H,4H2,1-3H3,(H,17,21). The van der Waals surface area contributed by atoms with Crippen LogP contribution in [-0.2, 0) is 4.79 Å². The van der Waals surface area contributed by atoms with Gasteiger partial charge >= 0.3 is 5.69 Å². The van der Waals surface area contributed by atoms with Crippen LogP contribution in [0.4, 0.5) is 5.69 Å². The summed E-state index contributed by atoms with van der Waals surface area (Å²) in [5.74, 6) is -0.224. The van der Waals surface area contributed by atoms with Crippen molar-refractivity contribution in [1.82, 2.24) is 15.1 Å². The molecule has 2 atom stereocenters. The van der Waals surface area contributed by atoms with Crippen molar-refractivity contribution in [1.29, 1.82) is 0 Å². The number of hydrogen-bond donors (Lipinski definition) is 1. The van der Waals surface area contributed by atoms with Gasteiger partial charge < -0.3 is 5.32 Å². The molecule has 0 saturated carbocycles. The molecule has 0 saturated heterocycles. The summed E-state index contributed by atoms with van der Waals surface area (Å²) in [6, 6.07) is 8.97. The summed E-state index contributed by atoms with van der Waals surface area (Å²) in [5.41, 5.74) is 1.24. The molecule has 0 radical (unpaired) electrons. The molecule has 0 bridgehead atoms. The van der Waals surface area contributed by atoms with Crippen LogP contribution in [-0.4, -0.2) is 20.6 Å². The summed E-state index contributed by atoms with van der Waals surface area (Å²) < 4.78 is 1.33. The van der Waals surface area contributed by atoms with E-state index in [9.17, 15) is 14.9 Å². The van der Waals surface area contributed by atoms with Crippen molar-refractivity contribution in [3.8, 4) is 0 Å². The second kappa shape index (κ2) is 7.04. The van der Waals surface area contributed by atoms with Crippen molar-refractivity contribution < 1.29 is 9.72 Å². The Bertz CT molecular complexity index is 697. The summed E-state index contributed by atoms with van der Waals surface area (Å²) in [5, 5.41) is 17.9. The zero-order valence-electron chi connectivity index (χ0n) is 13.4. The minimum absolute atomic E-state index is 0.0836. The van der Waals surface area contributed by atoms with E-state index in [1.807, 2.05) is 37.3 Å². The minimum atomic E-state index is -0.625. The Morgan fingerprint density at radius 2 is 2.04 bits per heavy atom. The largest absolute Gasteiger partial charge is 0.347 e. The van der Waals surface area contributed by atoms with E-state index in [1.54, 1.807) is 13.8 Å².